The van der Waals surface area contributed by atoms with Gasteiger partial charge in [-0.3, -0.25) is 0 Å². The molecule has 0 spiro atoms. The molecule has 0 nitrogen and oxygen atoms in total. The second-order valence-corrected chi connectivity index (χ2v) is 0. The standard InChI is InChI=1S/Ga.In.3S/q2*+3;3*-2. The molecule has 0 saturated heterocycles. The largest absolute Gasteiger partial charge is 3.00 e. The number of hydrogen-bond donors (Lipinski definition) is 0. The predicted octanol–water partition coefficient (Wildman–Crippen LogP) is -0.769. The summed E-state index contributed by atoms with van der Waals surface area (Å²) in [7, 11) is 0. The molecule has 0 aromatic carbocycles. The minimum Gasteiger partial charge on any atom is -2.00 e. The van der Waals surface area contributed by atoms with E-state index in [4.69, 9.17) is 0 Å². The van der Waals surface area contributed by atoms with Gasteiger partial charge in [0, 0.05) is 0 Å². The van der Waals surface area contributed by atoms with Gasteiger partial charge in [-0.1, -0.05) is 0 Å². The van der Waals surface area contributed by atoms with E-state index in [0.29, 0.717) is 0 Å². The molecule has 0 aliphatic heterocycles. The van der Waals surface area contributed by atoms with Crippen LogP contribution in [0, 0.1) is 0 Å². The van der Waals surface area contributed by atoms with E-state index in [1.807, 2.05) is 0 Å². The zero-order valence-electron chi connectivity index (χ0n) is 2.38. The molecule has 0 aromatic heterocycles. The van der Waals surface area contributed by atoms with Gasteiger partial charge in [0.1, 0.15) is 0 Å². The van der Waals surface area contributed by atoms with E-state index in [9.17, 15) is 0 Å². The first-order chi connectivity index (χ1) is 0. The van der Waals surface area contributed by atoms with Crippen molar-refractivity contribution >= 4 is 86.1 Å². The Morgan fingerprint density at radius 1 is 0.600 bits per heavy atom. The molecule has 0 fully saturated rings. The van der Waals surface area contributed by atoms with E-state index in [2.05, 4.69) is 0 Å². The van der Waals surface area contributed by atoms with E-state index >= 15 is 0 Å². The molecule has 0 bridgehead atoms. The molecule has 0 aliphatic carbocycles. The van der Waals surface area contributed by atoms with Gasteiger partial charge in [-0.2, -0.15) is 0 Å². The van der Waals surface area contributed by atoms with Crippen molar-refractivity contribution in [3.63, 3.8) is 0 Å². The van der Waals surface area contributed by atoms with Crippen LogP contribution in [0.25, 0.3) is 0 Å². The Hall–Kier alpha value is 2.56. The minimum absolute atomic E-state index is 0. The Kier molecular flexibility index (Phi) is 308. The number of hydrogen-bond acceptors (Lipinski definition) is 0. The minimum atomic E-state index is 0. The van der Waals surface area contributed by atoms with Crippen molar-refractivity contribution in [1.82, 2.24) is 0 Å². The maximum Gasteiger partial charge on any atom is 3.00 e. The maximum absolute atomic E-state index is 0. The van der Waals surface area contributed by atoms with E-state index < -0.39 is 0 Å². The van der Waals surface area contributed by atoms with Gasteiger partial charge in [0.25, 0.3) is 0 Å². The monoisotopic (exact) mass is 280 g/mol. The molecule has 24 valence electrons. The molecule has 0 N–H and O–H groups in total. The summed E-state index contributed by atoms with van der Waals surface area (Å²) in [6.45, 7) is 0. The van der Waals surface area contributed by atoms with Gasteiger partial charge in [0.15, 0.2) is 0 Å². The van der Waals surface area contributed by atoms with Crippen molar-refractivity contribution in [3.8, 4) is 0 Å². The van der Waals surface area contributed by atoms with Gasteiger partial charge < -0.3 is 40.5 Å². The quantitative estimate of drug-likeness (QED) is 0.512. The summed E-state index contributed by atoms with van der Waals surface area (Å²) in [5.74, 6) is 0. The molecule has 0 aromatic rings. The average molecular weight is 281 g/mol. The molecule has 5 heavy (non-hydrogen) atoms. The van der Waals surface area contributed by atoms with E-state index in [0.717, 1.165) is 0 Å². The Bertz CT molecular complexity index is 6.85. The van der Waals surface area contributed by atoms with Crippen molar-refractivity contribution in [2.75, 3.05) is 0 Å². The van der Waals surface area contributed by atoms with Gasteiger partial charge in [-0.15, -0.1) is 0 Å². The van der Waals surface area contributed by atoms with E-state index in [-0.39, 0.29) is 86.1 Å². The van der Waals surface area contributed by atoms with Crippen LogP contribution in [0.5, 0.6) is 0 Å². The van der Waals surface area contributed by atoms with Crippen LogP contribution in [-0.4, -0.2) is 45.6 Å². The molecule has 0 amide bonds. The van der Waals surface area contributed by atoms with Crippen LogP contribution < -0.4 is 0 Å². The van der Waals surface area contributed by atoms with Crippen LogP contribution in [0.1, 0.15) is 0 Å². The van der Waals surface area contributed by atoms with Crippen molar-refractivity contribution in [2.45, 2.75) is 0 Å². The average Bonchev–Trinajstić information content (AvgIpc) is 0. The fourth-order valence-corrected chi connectivity index (χ4v) is 0. The SMILES string of the molecule is [Ga+3].[In+3].[S-2].[S-2].[S-2]. The third-order valence-electron chi connectivity index (χ3n) is 0. The fourth-order valence-electron chi connectivity index (χ4n) is 0. The van der Waals surface area contributed by atoms with Gasteiger partial charge >= 0.3 is 45.6 Å². The smallest absolute Gasteiger partial charge is 2.00 e. The molecule has 0 rings (SSSR count). The zero-order valence-corrected chi connectivity index (χ0v) is 10.5. The topological polar surface area (TPSA) is 0 Å². The first kappa shape index (κ1) is 49.7. The second-order valence-electron chi connectivity index (χ2n) is 0. The summed E-state index contributed by atoms with van der Waals surface area (Å²) in [5.41, 5.74) is 0. The second kappa shape index (κ2) is 31.0. The molecule has 0 aliphatic rings. The molecular weight excluding hydrogens is 281 g/mol. The Balaban J connectivity index is 0. The van der Waals surface area contributed by atoms with Crippen molar-refractivity contribution in [2.24, 2.45) is 0 Å². The van der Waals surface area contributed by atoms with Gasteiger partial charge in [-0.05, 0) is 0 Å². The summed E-state index contributed by atoms with van der Waals surface area (Å²) in [4.78, 5) is 0. The zero-order chi connectivity index (χ0) is 0. The fraction of sp³-hybridized carbons (Fsp3) is 0. The molecule has 5 heteroatoms. The summed E-state index contributed by atoms with van der Waals surface area (Å²) >= 11 is 0. The van der Waals surface area contributed by atoms with Crippen LogP contribution in [-0.2, 0) is 40.5 Å². The number of rotatable bonds is 0. The molecule has 0 saturated carbocycles. The molecular formula is GaInS3. The van der Waals surface area contributed by atoms with Crippen LogP contribution >= 0.6 is 0 Å². The first-order valence-corrected chi connectivity index (χ1v) is 0. The first-order valence-electron chi connectivity index (χ1n) is 0. The Labute approximate surface area is 85.0 Å². The third kappa shape index (κ3) is 20.8. The summed E-state index contributed by atoms with van der Waals surface area (Å²) < 4.78 is 0. The molecule has 0 unspecified atom stereocenters. The van der Waals surface area contributed by atoms with Crippen LogP contribution in [0.3, 0.4) is 0 Å². The maximum atomic E-state index is 0. The van der Waals surface area contributed by atoms with Crippen molar-refractivity contribution in [3.05, 3.63) is 0 Å². The van der Waals surface area contributed by atoms with Crippen LogP contribution in [0.2, 0.25) is 0 Å². The predicted molar refractivity (Wildman–Crippen MR) is 33.6 cm³/mol. The Morgan fingerprint density at radius 2 is 0.600 bits per heavy atom. The summed E-state index contributed by atoms with van der Waals surface area (Å²) in [6.07, 6.45) is 0. The molecule has 0 heterocycles. The Morgan fingerprint density at radius 3 is 0.600 bits per heavy atom. The molecule has 0 radical (unpaired) electrons. The van der Waals surface area contributed by atoms with Gasteiger partial charge in [-0.25, -0.2) is 0 Å². The normalized spacial score (nSPS) is 0. The van der Waals surface area contributed by atoms with Crippen molar-refractivity contribution in [1.29, 1.82) is 0 Å². The summed E-state index contributed by atoms with van der Waals surface area (Å²) in [5, 5.41) is 0. The van der Waals surface area contributed by atoms with Crippen molar-refractivity contribution < 1.29 is 0 Å². The van der Waals surface area contributed by atoms with Gasteiger partial charge in [0.2, 0.25) is 0 Å². The molecule has 0 atom stereocenters. The van der Waals surface area contributed by atoms with Crippen LogP contribution in [0.15, 0.2) is 0 Å². The third-order valence-corrected chi connectivity index (χ3v) is 0. The van der Waals surface area contributed by atoms with E-state index in [1.165, 1.54) is 0 Å². The summed E-state index contributed by atoms with van der Waals surface area (Å²) in [6, 6.07) is 0. The van der Waals surface area contributed by atoms with E-state index in [1.54, 1.807) is 0 Å². The van der Waals surface area contributed by atoms with Gasteiger partial charge in [0.05, 0.1) is 0 Å². The van der Waals surface area contributed by atoms with Crippen LogP contribution in [0.4, 0.5) is 0 Å².